The number of rotatable bonds is 7. The summed E-state index contributed by atoms with van der Waals surface area (Å²) in [6.07, 6.45) is 9.94. The number of hydrogen-bond acceptors (Lipinski definition) is 3. The Morgan fingerprint density at radius 1 is 0.950 bits per heavy atom. The fourth-order valence-corrected chi connectivity index (χ4v) is 3.98. The lowest BCUT2D eigenvalue weighted by atomic mass is 9.78. The Morgan fingerprint density at radius 2 is 1.75 bits per heavy atom. The van der Waals surface area contributed by atoms with Crippen LogP contribution in [0.5, 0.6) is 0 Å². The largest absolute Gasteiger partial charge is 0.310 e. The van der Waals surface area contributed by atoms with Crippen molar-refractivity contribution in [1.29, 1.82) is 0 Å². The van der Waals surface area contributed by atoms with Crippen molar-refractivity contribution in [3.63, 3.8) is 0 Å². The quantitative estimate of drug-likeness (QED) is 0.774. The predicted octanol–water partition coefficient (Wildman–Crippen LogP) is 2.57. The highest BCUT2D eigenvalue weighted by atomic mass is 15.2. The molecule has 1 saturated carbocycles. The molecule has 2 rings (SSSR count). The van der Waals surface area contributed by atoms with E-state index in [0.717, 1.165) is 18.0 Å². The highest BCUT2D eigenvalue weighted by Crippen LogP contribution is 2.32. The van der Waals surface area contributed by atoms with E-state index in [2.05, 4.69) is 36.1 Å². The maximum atomic E-state index is 3.98. The summed E-state index contributed by atoms with van der Waals surface area (Å²) in [5.74, 6) is 0.987. The molecule has 0 aromatic heterocycles. The zero-order valence-corrected chi connectivity index (χ0v) is 13.9. The maximum Gasteiger partial charge on any atom is 0.0197 e. The Labute approximate surface area is 126 Å². The van der Waals surface area contributed by atoms with Gasteiger partial charge in [-0.25, -0.2) is 0 Å². The average molecular weight is 281 g/mol. The van der Waals surface area contributed by atoms with Gasteiger partial charge in [-0.3, -0.25) is 0 Å². The second-order valence-corrected chi connectivity index (χ2v) is 7.20. The molecular weight excluding hydrogens is 246 g/mol. The molecule has 1 heterocycles. The molecule has 3 unspecified atom stereocenters. The first-order valence-corrected chi connectivity index (χ1v) is 8.82. The van der Waals surface area contributed by atoms with Crippen molar-refractivity contribution in [3.05, 3.63) is 0 Å². The van der Waals surface area contributed by atoms with Crippen LogP contribution < -0.4 is 5.32 Å². The maximum absolute atomic E-state index is 3.98. The normalized spacial score (nSPS) is 30.8. The van der Waals surface area contributed by atoms with Crippen molar-refractivity contribution in [1.82, 2.24) is 15.1 Å². The summed E-state index contributed by atoms with van der Waals surface area (Å²) in [5, 5.41) is 3.98. The van der Waals surface area contributed by atoms with Crippen molar-refractivity contribution in [2.75, 3.05) is 40.3 Å². The van der Waals surface area contributed by atoms with Crippen LogP contribution in [-0.4, -0.2) is 62.2 Å². The lowest BCUT2D eigenvalue weighted by Gasteiger charge is -2.42. The monoisotopic (exact) mass is 281 g/mol. The fourth-order valence-electron chi connectivity index (χ4n) is 3.98. The molecule has 1 N–H and O–H groups in total. The summed E-state index contributed by atoms with van der Waals surface area (Å²) < 4.78 is 0. The Hall–Kier alpha value is -0.120. The van der Waals surface area contributed by atoms with Gasteiger partial charge in [-0.05, 0) is 58.7 Å². The minimum Gasteiger partial charge on any atom is -0.310 e. The van der Waals surface area contributed by atoms with E-state index in [1.54, 1.807) is 0 Å². The van der Waals surface area contributed by atoms with Gasteiger partial charge < -0.3 is 15.1 Å². The second-order valence-electron chi connectivity index (χ2n) is 7.20. The van der Waals surface area contributed by atoms with Gasteiger partial charge >= 0.3 is 0 Å². The molecule has 0 spiro atoms. The summed E-state index contributed by atoms with van der Waals surface area (Å²) in [7, 11) is 4.35. The van der Waals surface area contributed by atoms with Gasteiger partial charge in [0.25, 0.3) is 0 Å². The van der Waals surface area contributed by atoms with Crippen LogP contribution in [0.1, 0.15) is 51.9 Å². The van der Waals surface area contributed by atoms with Crippen LogP contribution in [0.15, 0.2) is 0 Å². The van der Waals surface area contributed by atoms with Crippen molar-refractivity contribution in [3.8, 4) is 0 Å². The molecule has 1 aliphatic carbocycles. The van der Waals surface area contributed by atoms with E-state index in [4.69, 9.17) is 0 Å². The van der Waals surface area contributed by atoms with Crippen molar-refractivity contribution >= 4 is 0 Å². The minimum atomic E-state index is 0.739. The van der Waals surface area contributed by atoms with E-state index in [-0.39, 0.29) is 0 Å². The fraction of sp³-hybridized carbons (Fsp3) is 1.00. The molecule has 20 heavy (non-hydrogen) atoms. The Morgan fingerprint density at radius 3 is 2.50 bits per heavy atom. The van der Waals surface area contributed by atoms with E-state index in [0.29, 0.717) is 0 Å². The Bertz CT molecular complexity index is 267. The summed E-state index contributed by atoms with van der Waals surface area (Å²) in [5.41, 5.74) is 0. The smallest absolute Gasteiger partial charge is 0.0197 e. The molecule has 0 aromatic rings. The van der Waals surface area contributed by atoms with Gasteiger partial charge in [0.2, 0.25) is 0 Å². The molecule has 1 aliphatic heterocycles. The third-order valence-electron chi connectivity index (χ3n) is 5.13. The average Bonchev–Trinajstić information content (AvgIpc) is 2.45. The molecule has 0 radical (unpaired) electrons. The van der Waals surface area contributed by atoms with Gasteiger partial charge in [0.15, 0.2) is 0 Å². The van der Waals surface area contributed by atoms with Gasteiger partial charge in [-0.1, -0.05) is 19.8 Å². The number of hydrogen-bond donors (Lipinski definition) is 1. The molecule has 3 heteroatoms. The molecule has 0 bridgehead atoms. The number of fused-ring (bicyclic) bond motifs is 1. The number of nitrogens with one attached hydrogen (secondary N) is 1. The zero-order valence-electron chi connectivity index (χ0n) is 13.9. The van der Waals surface area contributed by atoms with Gasteiger partial charge in [0.05, 0.1) is 0 Å². The highest BCUT2D eigenvalue weighted by molar-refractivity contribution is 4.90. The van der Waals surface area contributed by atoms with Crippen LogP contribution in [0.25, 0.3) is 0 Å². The van der Waals surface area contributed by atoms with E-state index in [1.807, 2.05) is 0 Å². The molecule has 0 amide bonds. The van der Waals surface area contributed by atoms with E-state index in [9.17, 15) is 0 Å². The topological polar surface area (TPSA) is 18.5 Å². The van der Waals surface area contributed by atoms with E-state index < -0.39 is 0 Å². The molecule has 3 atom stereocenters. The van der Waals surface area contributed by atoms with Crippen molar-refractivity contribution in [2.24, 2.45) is 5.92 Å². The van der Waals surface area contributed by atoms with Crippen LogP contribution in [0.4, 0.5) is 0 Å². The van der Waals surface area contributed by atoms with E-state index in [1.165, 1.54) is 71.1 Å². The molecule has 0 aromatic carbocycles. The van der Waals surface area contributed by atoms with Crippen molar-refractivity contribution < 1.29 is 0 Å². The Kier molecular flexibility index (Phi) is 6.79. The lowest BCUT2D eigenvalue weighted by Crippen LogP contribution is -2.53. The summed E-state index contributed by atoms with van der Waals surface area (Å²) in [6, 6.07) is 1.57. The van der Waals surface area contributed by atoms with Gasteiger partial charge in [0.1, 0.15) is 0 Å². The minimum absolute atomic E-state index is 0.739. The summed E-state index contributed by atoms with van der Waals surface area (Å²) in [4.78, 5) is 4.97. The van der Waals surface area contributed by atoms with Gasteiger partial charge in [0, 0.05) is 31.7 Å². The molecular formula is C17H35N3. The molecule has 3 nitrogen and oxygen atoms in total. The van der Waals surface area contributed by atoms with Gasteiger partial charge in [-0.2, -0.15) is 0 Å². The summed E-state index contributed by atoms with van der Waals surface area (Å²) >= 11 is 0. The molecule has 118 valence electrons. The van der Waals surface area contributed by atoms with Crippen LogP contribution in [0, 0.1) is 5.92 Å². The highest BCUT2D eigenvalue weighted by Gasteiger charge is 2.31. The Balaban J connectivity index is 1.77. The van der Waals surface area contributed by atoms with Crippen LogP contribution in [0.3, 0.4) is 0 Å². The van der Waals surface area contributed by atoms with Crippen LogP contribution >= 0.6 is 0 Å². The standard InChI is InChI=1S/C17H35N3/c1-4-11-20(13-12-19(2)3)14-16-10-9-15-7-5-6-8-17(15)18-16/h15-18H,4-14H2,1-3H3. The molecule has 2 aliphatic rings. The predicted molar refractivity (Wildman–Crippen MR) is 87.2 cm³/mol. The van der Waals surface area contributed by atoms with Crippen molar-refractivity contribution in [2.45, 2.75) is 64.0 Å². The second kappa shape index (κ2) is 8.35. The third-order valence-corrected chi connectivity index (χ3v) is 5.13. The first-order valence-electron chi connectivity index (χ1n) is 8.82. The first-order chi connectivity index (χ1) is 9.69. The van der Waals surface area contributed by atoms with Crippen LogP contribution in [-0.2, 0) is 0 Å². The van der Waals surface area contributed by atoms with Gasteiger partial charge in [-0.15, -0.1) is 0 Å². The van der Waals surface area contributed by atoms with E-state index >= 15 is 0 Å². The zero-order chi connectivity index (χ0) is 14.4. The molecule has 2 fully saturated rings. The SMILES string of the molecule is CCCN(CCN(C)C)CC1CCC2CCCCC2N1. The lowest BCUT2D eigenvalue weighted by molar-refractivity contribution is 0.139. The van der Waals surface area contributed by atoms with Crippen LogP contribution in [0.2, 0.25) is 0 Å². The molecule has 1 saturated heterocycles. The number of nitrogens with zero attached hydrogens (tertiary/aromatic N) is 2. The number of likely N-dealkylation sites (N-methyl/N-ethyl adjacent to an activating group) is 1. The number of piperidine rings is 1. The first kappa shape index (κ1) is 16.3. The summed E-state index contributed by atoms with van der Waals surface area (Å²) in [6.45, 7) is 7.20. The third kappa shape index (κ3) is 5.01.